The molecular weight excluding hydrogens is 572 g/mol. The molecule has 10 heteroatoms. The molecule has 240 valence electrons. The van der Waals surface area contributed by atoms with Gasteiger partial charge in [-0.3, -0.25) is 19.4 Å². The Hall–Kier alpha value is -4.02. The number of hydrogen-bond donors (Lipinski definition) is 0. The first-order valence-corrected chi connectivity index (χ1v) is 15.9. The van der Waals surface area contributed by atoms with Crippen molar-refractivity contribution in [2.75, 3.05) is 67.1 Å². The fourth-order valence-corrected chi connectivity index (χ4v) is 7.34. The topological polar surface area (TPSA) is 87.9 Å². The van der Waals surface area contributed by atoms with Crippen LogP contribution in [-0.4, -0.2) is 117 Å². The molecule has 3 aliphatic heterocycles. The Morgan fingerprint density at radius 3 is 2.07 bits per heavy atom. The molecule has 2 amide bonds. The van der Waals surface area contributed by atoms with Gasteiger partial charge >= 0.3 is 0 Å². The summed E-state index contributed by atoms with van der Waals surface area (Å²) in [5, 5.41) is 0. The SMILES string of the molecule is COc1cc(C(=O)N2CCC(N3CCN(C4CCN(C(=O)c5ccoc5)C4)CC3)CC2Cc2ccccc2)cc(OC)c1OC. The summed E-state index contributed by atoms with van der Waals surface area (Å²) in [5.41, 5.74) is 2.39. The van der Waals surface area contributed by atoms with Crippen molar-refractivity contribution in [2.24, 2.45) is 0 Å². The summed E-state index contributed by atoms with van der Waals surface area (Å²) in [5.74, 6) is 1.47. The summed E-state index contributed by atoms with van der Waals surface area (Å²) in [6, 6.07) is 16.6. The summed E-state index contributed by atoms with van der Waals surface area (Å²) >= 11 is 0. The maximum Gasteiger partial charge on any atom is 0.257 e. The number of ether oxygens (including phenoxy) is 3. The van der Waals surface area contributed by atoms with Crippen LogP contribution in [-0.2, 0) is 6.42 Å². The molecule has 0 spiro atoms. The van der Waals surface area contributed by atoms with E-state index in [1.807, 2.05) is 15.9 Å². The lowest BCUT2D eigenvalue weighted by Gasteiger charge is -2.47. The fourth-order valence-electron chi connectivity index (χ4n) is 7.34. The zero-order chi connectivity index (χ0) is 31.3. The smallest absolute Gasteiger partial charge is 0.257 e. The quantitative estimate of drug-likeness (QED) is 0.356. The van der Waals surface area contributed by atoms with Gasteiger partial charge in [-0.2, -0.15) is 0 Å². The van der Waals surface area contributed by atoms with Crippen molar-refractivity contribution in [3.05, 3.63) is 77.7 Å². The van der Waals surface area contributed by atoms with E-state index in [0.717, 1.165) is 65.0 Å². The lowest BCUT2D eigenvalue weighted by atomic mass is 9.90. The Kier molecular flexibility index (Phi) is 9.61. The number of nitrogens with zero attached hydrogens (tertiary/aromatic N) is 4. The zero-order valence-electron chi connectivity index (χ0n) is 26.5. The van der Waals surface area contributed by atoms with E-state index in [0.29, 0.717) is 47.0 Å². The number of rotatable bonds is 9. The van der Waals surface area contributed by atoms with Crippen molar-refractivity contribution in [3.63, 3.8) is 0 Å². The predicted octanol–water partition coefficient (Wildman–Crippen LogP) is 4.05. The number of hydrogen-bond acceptors (Lipinski definition) is 8. The first-order chi connectivity index (χ1) is 22.0. The van der Waals surface area contributed by atoms with Crippen molar-refractivity contribution in [1.29, 1.82) is 0 Å². The molecule has 0 bridgehead atoms. The number of carbonyl (C=O) groups excluding carboxylic acids is 2. The van der Waals surface area contributed by atoms with Gasteiger partial charge in [-0.1, -0.05) is 30.3 Å². The third kappa shape index (κ3) is 6.67. The molecule has 3 aromatic rings. The van der Waals surface area contributed by atoms with Crippen molar-refractivity contribution >= 4 is 11.8 Å². The number of piperazine rings is 1. The van der Waals surface area contributed by atoms with Gasteiger partial charge in [0.15, 0.2) is 11.5 Å². The van der Waals surface area contributed by atoms with Gasteiger partial charge in [0.05, 0.1) is 33.2 Å². The summed E-state index contributed by atoms with van der Waals surface area (Å²) in [4.78, 5) is 36.1. The van der Waals surface area contributed by atoms with Gasteiger partial charge in [0.2, 0.25) is 5.75 Å². The van der Waals surface area contributed by atoms with Gasteiger partial charge in [-0.15, -0.1) is 0 Å². The van der Waals surface area contributed by atoms with E-state index in [9.17, 15) is 9.59 Å². The van der Waals surface area contributed by atoms with E-state index < -0.39 is 0 Å². The molecule has 3 aliphatic rings. The van der Waals surface area contributed by atoms with E-state index in [1.165, 1.54) is 11.8 Å². The Labute approximate surface area is 265 Å². The van der Waals surface area contributed by atoms with Crippen LogP contribution in [0.2, 0.25) is 0 Å². The van der Waals surface area contributed by atoms with Crippen LogP contribution < -0.4 is 14.2 Å². The Morgan fingerprint density at radius 1 is 0.778 bits per heavy atom. The summed E-state index contributed by atoms with van der Waals surface area (Å²) < 4.78 is 21.7. The second-order valence-corrected chi connectivity index (χ2v) is 12.2. The third-order valence-electron chi connectivity index (χ3n) is 9.78. The van der Waals surface area contributed by atoms with Gasteiger partial charge in [0.1, 0.15) is 6.26 Å². The number of benzene rings is 2. The lowest BCUT2D eigenvalue weighted by molar-refractivity contribution is 0.0224. The summed E-state index contributed by atoms with van der Waals surface area (Å²) in [6.45, 7) is 6.22. The number of furan rings is 1. The van der Waals surface area contributed by atoms with Gasteiger partial charge in [0, 0.05) is 69.5 Å². The Balaban J connectivity index is 1.11. The molecule has 3 unspecified atom stereocenters. The highest BCUT2D eigenvalue weighted by Gasteiger charge is 2.38. The molecule has 0 aliphatic carbocycles. The van der Waals surface area contributed by atoms with Crippen molar-refractivity contribution < 1.29 is 28.2 Å². The van der Waals surface area contributed by atoms with Crippen LogP contribution in [0.5, 0.6) is 17.2 Å². The Morgan fingerprint density at radius 2 is 1.44 bits per heavy atom. The van der Waals surface area contributed by atoms with Crippen molar-refractivity contribution in [2.45, 2.75) is 43.8 Å². The molecule has 0 N–H and O–H groups in total. The number of piperidine rings is 1. The third-order valence-corrected chi connectivity index (χ3v) is 9.78. The number of carbonyl (C=O) groups is 2. The summed E-state index contributed by atoms with van der Waals surface area (Å²) in [7, 11) is 4.70. The van der Waals surface area contributed by atoms with Crippen LogP contribution >= 0.6 is 0 Å². The molecule has 45 heavy (non-hydrogen) atoms. The minimum Gasteiger partial charge on any atom is -0.493 e. The molecule has 0 radical (unpaired) electrons. The second-order valence-electron chi connectivity index (χ2n) is 12.2. The van der Waals surface area contributed by atoms with Crippen LogP contribution in [0, 0.1) is 0 Å². The molecule has 1 aromatic heterocycles. The predicted molar refractivity (Wildman–Crippen MR) is 170 cm³/mol. The molecule has 3 fully saturated rings. The molecule has 0 saturated carbocycles. The first-order valence-electron chi connectivity index (χ1n) is 15.9. The maximum atomic E-state index is 14.1. The molecular formula is C35H44N4O6. The minimum atomic E-state index is -0.0193. The highest BCUT2D eigenvalue weighted by Crippen LogP contribution is 2.39. The van der Waals surface area contributed by atoms with Crippen LogP contribution in [0.25, 0.3) is 0 Å². The molecule has 10 nitrogen and oxygen atoms in total. The average molecular weight is 617 g/mol. The fraction of sp³-hybridized carbons (Fsp3) is 0.486. The highest BCUT2D eigenvalue weighted by atomic mass is 16.5. The van der Waals surface area contributed by atoms with E-state index in [4.69, 9.17) is 18.6 Å². The molecule has 4 heterocycles. The number of likely N-dealkylation sites (tertiary alicyclic amines) is 2. The van der Waals surface area contributed by atoms with Crippen LogP contribution in [0.15, 0.2) is 65.5 Å². The number of amides is 2. The number of methoxy groups -OCH3 is 3. The van der Waals surface area contributed by atoms with E-state index in [-0.39, 0.29) is 17.9 Å². The van der Waals surface area contributed by atoms with Gasteiger partial charge in [-0.05, 0) is 49.4 Å². The van der Waals surface area contributed by atoms with Gasteiger partial charge < -0.3 is 28.4 Å². The monoisotopic (exact) mass is 616 g/mol. The lowest BCUT2D eigenvalue weighted by Crippen LogP contribution is -2.58. The summed E-state index contributed by atoms with van der Waals surface area (Å²) in [6.07, 6.45) is 6.74. The van der Waals surface area contributed by atoms with Crippen LogP contribution in [0.4, 0.5) is 0 Å². The minimum absolute atomic E-state index is 0.0193. The highest BCUT2D eigenvalue weighted by molar-refractivity contribution is 5.96. The average Bonchev–Trinajstić information content (AvgIpc) is 3.81. The van der Waals surface area contributed by atoms with Crippen LogP contribution in [0.1, 0.15) is 45.5 Å². The van der Waals surface area contributed by atoms with Gasteiger partial charge in [-0.25, -0.2) is 0 Å². The second kappa shape index (κ2) is 14.0. The standard InChI is InChI=1S/C35H44N4O6/c1-42-31-20-27(21-32(43-2)33(31)44-3)35(41)39-13-10-28(22-30(39)19-25-7-5-4-6-8-25)36-14-16-37(17-15-36)29-9-12-38(23-29)34(40)26-11-18-45-24-26/h4-8,11,18,20-21,24,28-30H,9-10,12-17,19,22-23H2,1-3H3. The molecule has 2 aromatic carbocycles. The van der Waals surface area contributed by atoms with Crippen LogP contribution in [0.3, 0.4) is 0 Å². The van der Waals surface area contributed by atoms with Crippen molar-refractivity contribution in [3.8, 4) is 17.2 Å². The first kappa shape index (κ1) is 31.0. The largest absolute Gasteiger partial charge is 0.493 e. The van der Waals surface area contributed by atoms with Crippen molar-refractivity contribution in [1.82, 2.24) is 19.6 Å². The normalized spacial score (nSPS) is 22.8. The zero-order valence-corrected chi connectivity index (χ0v) is 26.5. The molecule has 3 saturated heterocycles. The molecule has 6 rings (SSSR count). The van der Waals surface area contributed by atoms with E-state index in [2.05, 4.69) is 34.1 Å². The Bertz CT molecular complexity index is 1410. The van der Waals surface area contributed by atoms with Gasteiger partial charge in [0.25, 0.3) is 11.8 Å². The van der Waals surface area contributed by atoms with E-state index in [1.54, 1.807) is 45.8 Å². The van der Waals surface area contributed by atoms with E-state index >= 15 is 0 Å². The maximum absolute atomic E-state index is 14.1. The molecule has 3 atom stereocenters.